The molecule has 0 aliphatic heterocycles. The number of aliphatic hydroxyl groups is 7. The summed E-state index contributed by atoms with van der Waals surface area (Å²) in [5, 5.41) is 73.9. The topological polar surface area (TPSA) is 226 Å². The minimum Gasteiger partial charge on any atom is -0.393 e. The summed E-state index contributed by atoms with van der Waals surface area (Å²) in [5.41, 5.74) is 0. The zero-order valence-corrected chi connectivity index (χ0v) is 32.8. The Morgan fingerprint density at radius 3 is 1.77 bits per heavy atom. The van der Waals surface area contributed by atoms with Gasteiger partial charge in [-0.3, -0.25) is 13.8 Å². The van der Waals surface area contributed by atoms with Crippen LogP contribution in [-0.4, -0.2) is 108 Å². The van der Waals surface area contributed by atoms with Gasteiger partial charge in [-0.05, 0) is 64.7 Å². The SMILES string of the molecule is C/C=C/CC/C=C/CC/C=C/C(O)C(COP(=O)(O)OC1C(O)C(O)C(O)C(O)C1O)NC(=O)CC(O)CCCCC/C=C\CCCCCCCCC. The summed E-state index contributed by atoms with van der Waals surface area (Å²) in [6, 6.07) is -1.27. The molecule has 0 radical (unpaired) electrons. The molecule has 0 saturated heterocycles. The number of rotatable bonds is 30. The van der Waals surface area contributed by atoms with Crippen molar-refractivity contribution in [2.75, 3.05) is 6.61 Å². The highest BCUT2D eigenvalue weighted by molar-refractivity contribution is 7.47. The van der Waals surface area contributed by atoms with Crippen LogP contribution < -0.4 is 5.32 Å². The molecule has 308 valence electrons. The number of allylic oxidation sites excluding steroid dienone is 7. The Labute approximate surface area is 317 Å². The van der Waals surface area contributed by atoms with Crippen molar-refractivity contribution < 1.29 is 59.0 Å². The van der Waals surface area contributed by atoms with Gasteiger partial charge in [0, 0.05) is 0 Å². The molecule has 1 rings (SSSR count). The monoisotopic (exact) mass is 775 g/mol. The van der Waals surface area contributed by atoms with Crippen LogP contribution in [0.1, 0.15) is 129 Å². The summed E-state index contributed by atoms with van der Waals surface area (Å²) in [7, 11) is -5.14. The highest BCUT2D eigenvalue weighted by Gasteiger charge is 2.51. The molecule has 1 fully saturated rings. The predicted molar refractivity (Wildman–Crippen MR) is 206 cm³/mol. The van der Waals surface area contributed by atoms with Crippen molar-refractivity contribution in [3.8, 4) is 0 Å². The second-order valence-corrected chi connectivity index (χ2v) is 15.4. The minimum absolute atomic E-state index is 0.269. The van der Waals surface area contributed by atoms with E-state index in [1.165, 1.54) is 51.0 Å². The number of phosphoric ester groups is 1. The van der Waals surface area contributed by atoms with E-state index >= 15 is 0 Å². The number of amides is 1. The molecule has 0 aromatic rings. The van der Waals surface area contributed by atoms with E-state index in [4.69, 9.17) is 9.05 Å². The van der Waals surface area contributed by atoms with Crippen LogP contribution in [0.25, 0.3) is 0 Å². The molecule has 1 aliphatic carbocycles. The van der Waals surface area contributed by atoms with Crippen LogP contribution in [0.4, 0.5) is 0 Å². The number of unbranched alkanes of at least 4 members (excludes halogenated alkanes) is 12. The van der Waals surface area contributed by atoms with E-state index in [0.29, 0.717) is 19.3 Å². The third-order valence-corrected chi connectivity index (χ3v) is 10.2. The van der Waals surface area contributed by atoms with Gasteiger partial charge in [-0.25, -0.2) is 4.57 Å². The predicted octanol–water partition coefficient (Wildman–Crippen LogP) is 4.80. The van der Waals surface area contributed by atoms with Gasteiger partial charge in [0.15, 0.2) is 0 Å². The molecule has 0 aromatic heterocycles. The van der Waals surface area contributed by atoms with Crippen LogP contribution in [0.15, 0.2) is 48.6 Å². The average Bonchev–Trinajstić information content (AvgIpc) is 3.12. The summed E-state index contributed by atoms with van der Waals surface area (Å²) in [6.07, 6.45) is 18.3. The second kappa shape index (κ2) is 29.5. The fourth-order valence-electron chi connectivity index (χ4n) is 5.92. The Morgan fingerprint density at radius 2 is 1.19 bits per heavy atom. The zero-order valence-electron chi connectivity index (χ0n) is 31.9. The lowest BCUT2D eigenvalue weighted by atomic mass is 9.85. The van der Waals surface area contributed by atoms with E-state index < -0.39 is 75.2 Å². The van der Waals surface area contributed by atoms with Crippen molar-refractivity contribution in [1.82, 2.24) is 5.32 Å². The third kappa shape index (κ3) is 22.4. The number of carbonyl (C=O) groups is 1. The standard InChI is InChI=1S/C39H70NO12P/c1-3-5-7-9-11-13-14-15-16-17-19-20-22-24-26-30(41)28-33(43)40-31(32(42)27-25-23-21-18-12-10-8-6-4-2)29-51-53(49,50)52-39-37(47)35(45)34(44)36(46)38(39)48/h4,6,12,16-18,25,27,30-32,34-39,41-42,44-48H,3,5,7-11,13-15,19-24,26,28-29H2,1-2H3,(H,40,43)(H,49,50)/b6-4+,17-16-,18-12+,27-25+. The summed E-state index contributed by atoms with van der Waals surface area (Å²) < 4.78 is 22.7. The number of hydrogen-bond acceptors (Lipinski definition) is 11. The van der Waals surface area contributed by atoms with Gasteiger partial charge in [0.1, 0.15) is 36.6 Å². The molecule has 9 N–H and O–H groups in total. The molecule has 1 aliphatic rings. The average molecular weight is 776 g/mol. The normalized spacial score (nSPS) is 25.4. The van der Waals surface area contributed by atoms with E-state index in [9.17, 15) is 50.0 Å². The largest absolute Gasteiger partial charge is 0.472 e. The minimum atomic E-state index is -5.14. The number of phosphoric acid groups is 1. The number of aliphatic hydroxyl groups excluding tert-OH is 7. The fraction of sp³-hybridized carbons (Fsp3) is 0.769. The quantitative estimate of drug-likeness (QED) is 0.0273. The van der Waals surface area contributed by atoms with Crippen LogP contribution in [0.3, 0.4) is 0 Å². The number of carbonyl (C=O) groups excluding carboxylic acids is 1. The second-order valence-electron chi connectivity index (χ2n) is 14.0. The molecule has 53 heavy (non-hydrogen) atoms. The lowest BCUT2D eigenvalue weighted by Crippen LogP contribution is -2.64. The smallest absolute Gasteiger partial charge is 0.393 e. The van der Waals surface area contributed by atoms with Crippen LogP contribution in [0, 0.1) is 0 Å². The highest BCUT2D eigenvalue weighted by atomic mass is 31.2. The Hall–Kier alpha value is -1.74. The molecule has 8 unspecified atom stereocenters. The van der Waals surface area contributed by atoms with E-state index in [1.54, 1.807) is 6.08 Å². The van der Waals surface area contributed by atoms with Crippen LogP contribution in [0.2, 0.25) is 0 Å². The van der Waals surface area contributed by atoms with Crippen molar-refractivity contribution in [2.24, 2.45) is 0 Å². The molecular formula is C39H70NO12P. The van der Waals surface area contributed by atoms with Gasteiger partial charge in [0.05, 0.1) is 31.3 Å². The van der Waals surface area contributed by atoms with E-state index in [1.807, 2.05) is 19.1 Å². The number of nitrogens with one attached hydrogen (secondary N) is 1. The Bertz CT molecular complexity index is 1100. The summed E-state index contributed by atoms with van der Waals surface area (Å²) in [5.74, 6) is -0.622. The van der Waals surface area contributed by atoms with Crippen molar-refractivity contribution in [3.05, 3.63) is 48.6 Å². The maximum atomic E-state index is 12.9. The van der Waals surface area contributed by atoms with E-state index in [-0.39, 0.29) is 6.42 Å². The van der Waals surface area contributed by atoms with Gasteiger partial charge < -0.3 is 46.0 Å². The van der Waals surface area contributed by atoms with Crippen molar-refractivity contribution >= 4 is 13.7 Å². The summed E-state index contributed by atoms with van der Waals surface area (Å²) in [4.78, 5) is 23.2. The molecular weight excluding hydrogens is 705 g/mol. The molecule has 13 nitrogen and oxygen atoms in total. The highest BCUT2D eigenvalue weighted by Crippen LogP contribution is 2.47. The zero-order chi connectivity index (χ0) is 39.5. The first kappa shape index (κ1) is 49.3. The molecule has 1 amide bonds. The molecule has 1 saturated carbocycles. The Kier molecular flexibility index (Phi) is 27.5. The first-order valence-electron chi connectivity index (χ1n) is 19.6. The molecule has 0 heterocycles. The third-order valence-electron chi connectivity index (χ3n) is 9.21. The molecule has 0 bridgehead atoms. The van der Waals surface area contributed by atoms with Crippen LogP contribution >= 0.6 is 7.82 Å². The summed E-state index contributed by atoms with van der Waals surface area (Å²) >= 11 is 0. The molecule has 14 heteroatoms. The van der Waals surface area contributed by atoms with Crippen LogP contribution in [-0.2, 0) is 18.4 Å². The lowest BCUT2D eigenvalue weighted by molar-refractivity contribution is -0.220. The maximum Gasteiger partial charge on any atom is 0.472 e. The van der Waals surface area contributed by atoms with Gasteiger partial charge in [-0.15, -0.1) is 0 Å². The van der Waals surface area contributed by atoms with Gasteiger partial charge in [-0.2, -0.15) is 0 Å². The fourth-order valence-corrected chi connectivity index (χ4v) is 6.89. The van der Waals surface area contributed by atoms with Gasteiger partial charge >= 0.3 is 7.82 Å². The van der Waals surface area contributed by atoms with Crippen molar-refractivity contribution in [1.29, 1.82) is 0 Å². The Balaban J connectivity index is 2.64. The van der Waals surface area contributed by atoms with Crippen LogP contribution in [0.5, 0.6) is 0 Å². The first-order valence-corrected chi connectivity index (χ1v) is 21.1. The lowest BCUT2D eigenvalue weighted by Gasteiger charge is -2.41. The first-order chi connectivity index (χ1) is 25.3. The Morgan fingerprint density at radius 1 is 0.698 bits per heavy atom. The van der Waals surface area contributed by atoms with Gasteiger partial charge in [0.2, 0.25) is 5.91 Å². The van der Waals surface area contributed by atoms with Crippen molar-refractivity contribution in [2.45, 2.75) is 184 Å². The number of hydrogen-bond donors (Lipinski definition) is 9. The van der Waals surface area contributed by atoms with E-state index in [2.05, 4.69) is 36.5 Å². The maximum absolute atomic E-state index is 12.9. The van der Waals surface area contributed by atoms with Gasteiger partial charge in [0.25, 0.3) is 0 Å². The molecule has 8 atom stereocenters. The summed E-state index contributed by atoms with van der Waals surface area (Å²) in [6.45, 7) is 3.43. The van der Waals surface area contributed by atoms with E-state index in [0.717, 1.165) is 44.9 Å². The molecule has 0 spiro atoms. The molecule has 0 aromatic carbocycles. The van der Waals surface area contributed by atoms with Gasteiger partial charge in [-0.1, -0.05) is 107 Å². The van der Waals surface area contributed by atoms with Crippen molar-refractivity contribution in [3.63, 3.8) is 0 Å².